The van der Waals surface area contributed by atoms with Gasteiger partial charge >= 0.3 is 6.18 Å². The number of hydrogen-bond donors (Lipinski definition) is 0. The highest BCUT2D eigenvalue weighted by Gasteiger charge is 2.37. The van der Waals surface area contributed by atoms with E-state index in [0.717, 1.165) is 6.07 Å². The summed E-state index contributed by atoms with van der Waals surface area (Å²) in [5, 5.41) is 104. The number of rotatable bonds is 7. The van der Waals surface area contributed by atoms with Crippen LogP contribution >= 0.6 is 0 Å². The van der Waals surface area contributed by atoms with Crippen LogP contribution in [0.25, 0.3) is 111 Å². The lowest BCUT2D eigenvalue weighted by Gasteiger charge is -2.23. The van der Waals surface area contributed by atoms with Gasteiger partial charge < -0.3 is 9.13 Å². The number of nitrogens with zero attached hydrogens (tertiary/aromatic N) is 12. The van der Waals surface area contributed by atoms with Crippen molar-refractivity contribution in [1.82, 2.24) is 9.13 Å². The molecule has 12 nitrogen and oxygen atoms in total. The van der Waals surface area contributed by atoms with Gasteiger partial charge in [0.05, 0.1) is 155 Å². The quantitative estimate of drug-likeness (QED) is 0.146. The van der Waals surface area contributed by atoms with Crippen LogP contribution in [0.2, 0.25) is 0 Å². The summed E-state index contributed by atoms with van der Waals surface area (Å²) in [6.07, 6.45) is -5.07. The number of halogens is 3. The molecular formula is C71H29F3N12. The number of fused-ring (bicyclic) bond motifs is 6. The van der Waals surface area contributed by atoms with E-state index in [9.17, 15) is 52.6 Å². The highest BCUT2D eigenvalue weighted by molar-refractivity contribution is 6.15. The molecule has 0 bridgehead atoms. The number of nitriles is 10. The van der Waals surface area contributed by atoms with E-state index in [1.165, 1.54) is 48.5 Å². The van der Waals surface area contributed by atoms with Crippen molar-refractivity contribution in [1.29, 1.82) is 52.6 Å². The van der Waals surface area contributed by atoms with E-state index >= 15 is 13.2 Å². The van der Waals surface area contributed by atoms with Gasteiger partial charge in [0, 0.05) is 27.1 Å². The smallest absolute Gasteiger partial charge is 0.308 e. The van der Waals surface area contributed by atoms with Crippen LogP contribution in [0.4, 0.5) is 13.2 Å². The van der Waals surface area contributed by atoms with Gasteiger partial charge in [0.15, 0.2) is 0 Å². The molecule has 0 radical (unpaired) electrons. The van der Waals surface area contributed by atoms with Crippen LogP contribution in [0.5, 0.6) is 0 Å². The molecule has 0 saturated heterocycles. The molecule has 0 unspecified atom stereocenters. The van der Waals surface area contributed by atoms with Crippen molar-refractivity contribution < 1.29 is 13.2 Å². The predicted molar refractivity (Wildman–Crippen MR) is 314 cm³/mol. The van der Waals surface area contributed by atoms with E-state index in [0.29, 0.717) is 88.1 Å². The van der Waals surface area contributed by atoms with Gasteiger partial charge in [-0.25, -0.2) is 0 Å². The number of benzene rings is 10. The molecule has 0 amide bonds. The van der Waals surface area contributed by atoms with Crippen LogP contribution < -0.4 is 0 Å². The predicted octanol–water partition coefficient (Wildman–Crippen LogP) is 16.0. The third-order valence-electron chi connectivity index (χ3n) is 15.3. The minimum absolute atomic E-state index is 0.0208. The average molecular weight is 1110 g/mol. The molecule has 15 heteroatoms. The van der Waals surface area contributed by atoms with Gasteiger partial charge in [0.1, 0.15) is 0 Å². The van der Waals surface area contributed by atoms with Gasteiger partial charge in [0.25, 0.3) is 0 Å². The Morgan fingerprint density at radius 2 is 0.535 bits per heavy atom. The molecule has 0 fully saturated rings. The molecule has 0 N–H and O–H groups in total. The number of aromatic nitrogens is 2. The summed E-state index contributed by atoms with van der Waals surface area (Å²) < 4.78 is 51.7. The second-order valence-corrected chi connectivity index (χ2v) is 19.9. The van der Waals surface area contributed by atoms with Crippen molar-refractivity contribution in [2.75, 3.05) is 0 Å². The highest BCUT2D eigenvalue weighted by atomic mass is 19.4. The van der Waals surface area contributed by atoms with Crippen LogP contribution in [-0.2, 0) is 6.18 Å². The average Bonchev–Trinajstić information content (AvgIpc) is 1.55. The molecule has 86 heavy (non-hydrogen) atoms. The molecular weight excluding hydrogens is 1080 g/mol. The van der Waals surface area contributed by atoms with Crippen molar-refractivity contribution in [2.24, 2.45) is 0 Å². The zero-order valence-electron chi connectivity index (χ0n) is 44.2. The van der Waals surface area contributed by atoms with Crippen molar-refractivity contribution >= 4 is 43.6 Å². The van der Waals surface area contributed by atoms with Gasteiger partial charge in [-0.2, -0.15) is 65.8 Å². The zero-order chi connectivity index (χ0) is 60.1. The van der Waals surface area contributed by atoms with E-state index in [1.54, 1.807) is 106 Å². The Balaban J connectivity index is 1.24. The molecule has 394 valence electrons. The SMILES string of the molecule is N#Cc1ccc(-c2ccc3c(c2)c2cc(-c4ccc(C#N)cc4C#N)ccc2n3-c2cc(C#N)cc(-n3c4ccc(-c5ccc(C#N)cc5C#N)cc4c4cc(-c5ccc(C#N)cc5C#N)ccc43)c2-c2ccc(C#N)cc2C(F)(F)F)c(C#N)c1. The van der Waals surface area contributed by atoms with Gasteiger partial charge in [-0.3, -0.25) is 0 Å². The van der Waals surface area contributed by atoms with Crippen LogP contribution in [0, 0.1) is 113 Å². The topological polar surface area (TPSA) is 248 Å². The molecule has 12 aromatic rings. The molecule has 0 aliphatic carbocycles. The van der Waals surface area contributed by atoms with Crippen LogP contribution in [-0.4, -0.2) is 9.13 Å². The maximum atomic E-state index is 16.1. The minimum atomic E-state index is -5.07. The normalized spacial score (nSPS) is 10.8. The lowest BCUT2D eigenvalue weighted by molar-refractivity contribution is -0.137. The maximum absolute atomic E-state index is 16.1. The Hall–Kier alpha value is -13.5. The Kier molecular flexibility index (Phi) is 12.9. The summed E-state index contributed by atoms with van der Waals surface area (Å²) in [5.74, 6) is 0. The summed E-state index contributed by atoms with van der Waals surface area (Å²) in [7, 11) is 0. The molecule has 0 aliphatic rings. The number of hydrogen-bond acceptors (Lipinski definition) is 10. The fourth-order valence-electron chi connectivity index (χ4n) is 11.4. The van der Waals surface area contributed by atoms with Crippen molar-refractivity contribution in [2.45, 2.75) is 6.18 Å². The summed E-state index contributed by atoms with van der Waals surface area (Å²) in [4.78, 5) is 0. The van der Waals surface area contributed by atoms with Crippen LogP contribution in [0.15, 0.2) is 176 Å². The summed E-state index contributed by atoms with van der Waals surface area (Å²) in [6, 6.07) is 67.5. The molecule has 0 saturated carbocycles. The third kappa shape index (κ3) is 8.73. The molecule has 2 aromatic heterocycles. The molecule has 12 rings (SSSR count). The second kappa shape index (κ2) is 20.9. The van der Waals surface area contributed by atoms with Crippen molar-refractivity contribution in [3.05, 3.63) is 237 Å². The van der Waals surface area contributed by atoms with Gasteiger partial charge in [-0.1, -0.05) is 54.6 Å². The van der Waals surface area contributed by atoms with Gasteiger partial charge in [-0.05, 0) is 171 Å². The largest absolute Gasteiger partial charge is 0.417 e. The van der Waals surface area contributed by atoms with Crippen LogP contribution in [0.1, 0.15) is 61.2 Å². The lowest BCUT2D eigenvalue weighted by atomic mass is 9.92. The Morgan fingerprint density at radius 1 is 0.267 bits per heavy atom. The molecule has 0 spiro atoms. The fourth-order valence-corrected chi connectivity index (χ4v) is 11.4. The van der Waals surface area contributed by atoms with Crippen LogP contribution in [0.3, 0.4) is 0 Å². The van der Waals surface area contributed by atoms with E-state index in [-0.39, 0.29) is 78.1 Å². The Labute approximate surface area is 487 Å². The van der Waals surface area contributed by atoms with Crippen molar-refractivity contribution in [3.63, 3.8) is 0 Å². The molecule has 10 aromatic carbocycles. The van der Waals surface area contributed by atoms with E-state index in [4.69, 9.17) is 0 Å². The third-order valence-corrected chi connectivity index (χ3v) is 15.3. The second-order valence-electron chi connectivity index (χ2n) is 19.9. The zero-order valence-corrected chi connectivity index (χ0v) is 44.2. The van der Waals surface area contributed by atoms with Gasteiger partial charge in [-0.15, -0.1) is 0 Å². The van der Waals surface area contributed by atoms with Gasteiger partial charge in [0.2, 0.25) is 0 Å². The first-order valence-corrected chi connectivity index (χ1v) is 25.9. The highest BCUT2D eigenvalue weighted by Crippen LogP contribution is 2.49. The van der Waals surface area contributed by atoms with Crippen molar-refractivity contribution in [3.8, 4) is 128 Å². The summed E-state index contributed by atoms with van der Waals surface area (Å²) >= 11 is 0. The lowest BCUT2D eigenvalue weighted by Crippen LogP contribution is -2.11. The Bertz CT molecular complexity index is 4930. The first-order valence-electron chi connectivity index (χ1n) is 25.9. The maximum Gasteiger partial charge on any atom is 0.417 e. The van der Waals surface area contributed by atoms with E-state index < -0.39 is 11.7 Å². The molecule has 0 atom stereocenters. The first kappa shape index (κ1) is 53.1. The fraction of sp³-hybridized carbons (Fsp3) is 0.0141. The first-order chi connectivity index (χ1) is 41.8. The monoisotopic (exact) mass is 1110 g/mol. The van der Waals surface area contributed by atoms with E-state index in [1.807, 2.05) is 30.3 Å². The Morgan fingerprint density at radius 3 is 0.791 bits per heavy atom. The standard InChI is InChI=1S/C71H29F3N12/c72-71(73,74)63-23-44(34-79)5-14-58(63)70-68(85-64-15-6-46(54-10-1-40(30-75)19-50(54)36-81)26-59(64)60-27-47(7-16-65(60)85)55-11-2-41(31-76)20-51(55)37-82)24-45(35-80)25-69(70)86-66-17-8-48(56-12-3-42(32-77)21-52(56)38-83)28-61(66)62-29-49(9-18-67(62)86)57-13-4-43(33-78)22-53(57)39-84/h1-29H. The summed E-state index contributed by atoms with van der Waals surface area (Å²) in [6.45, 7) is 0. The molecule has 2 heterocycles. The van der Waals surface area contributed by atoms with E-state index in [2.05, 4.69) is 54.6 Å². The number of alkyl halides is 3. The molecule has 0 aliphatic heterocycles. The minimum Gasteiger partial charge on any atom is -0.308 e. The summed E-state index contributed by atoms with van der Waals surface area (Å²) in [5.41, 5.74) is 6.06.